The first-order chi connectivity index (χ1) is 5.85. The van der Waals surface area contributed by atoms with E-state index in [1.165, 1.54) is 45.2 Å². The van der Waals surface area contributed by atoms with Gasteiger partial charge in [-0.1, -0.05) is 6.42 Å². The predicted molar refractivity (Wildman–Crippen MR) is 51.2 cm³/mol. The first kappa shape index (κ1) is 8.52. The van der Waals surface area contributed by atoms with Crippen LogP contribution in [0.4, 0.5) is 0 Å². The van der Waals surface area contributed by atoms with Crippen LogP contribution in [0.1, 0.15) is 32.1 Å². The van der Waals surface area contributed by atoms with Crippen molar-refractivity contribution in [2.75, 3.05) is 20.1 Å². The Labute approximate surface area is 75.1 Å². The Morgan fingerprint density at radius 3 is 2.42 bits per heavy atom. The Kier molecular flexibility index (Phi) is 2.37. The van der Waals surface area contributed by atoms with Crippen molar-refractivity contribution in [2.24, 2.45) is 5.41 Å². The standard InChI is InChI=1S/C10H20N2/c1-11-7-10(5-6-10)8-12-9-3-2-4-9/h9,11-12H,2-8H2,1H3. The van der Waals surface area contributed by atoms with Gasteiger partial charge in [-0.2, -0.15) is 0 Å². The van der Waals surface area contributed by atoms with Gasteiger partial charge in [-0.25, -0.2) is 0 Å². The van der Waals surface area contributed by atoms with Crippen LogP contribution in [0, 0.1) is 5.41 Å². The normalized spacial score (nSPS) is 26.8. The van der Waals surface area contributed by atoms with Gasteiger partial charge in [0.05, 0.1) is 0 Å². The van der Waals surface area contributed by atoms with Gasteiger partial charge in [0, 0.05) is 19.1 Å². The lowest BCUT2D eigenvalue weighted by atomic mass is 9.92. The van der Waals surface area contributed by atoms with Gasteiger partial charge in [-0.05, 0) is 38.1 Å². The lowest BCUT2D eigenvalue weighted by Gasteiger charge is -2.29. The maximum atomic E-state index is 3.67. The van der Waals surface area contributed by atoms with Crippen LogP contribution in [0.5, 0.6) is 0 Å². The summed E-state index contributed by atoms with van der Waals surface area (Å²) in [6.07, 6.45) is 7.11. The van der Waals surface area contributed by atoms with Gasteiger partial charge in [-0.15, -0.1) is 0 Å². The second-order valence-electron chi connectivity index (χ2n) is 4.54. The number of nitrogens with one attached hydrogen (secondary N) is 2. The summed E-state index contributed by atoms with van der Waals surface area (Å²) in [5, 5.41) is 6.96. The molecule has 2 aliphatic carbocycles. The fraction of sp³-hybridized carbons (Fsp3) is 1.00. The van der Waals surface area contributed by atoms with Crippen LogP contribution in [0.2, 0.25) is 0 Å². The molecule has 0 amide bonds. The molecule has 70 valence electrons. The van der Waals surface area contributed by atoms with Crippen LogP contribution >= 0.6 is 0 Å². The Morgan fingerprint density at radius 2 is 2.00 bits per heavy atom. The van der Waals surface area contributed by atoms with E-state index in [1.807, 2.05) is 0 Å². The molecule has 2 nitrogen and oxygen atoms in total. The maximum Gasteiger partial charge on any atom is 0.00673 e. The third-order valence-electron chi connectivity index (χ3n) is 3.38. The Bertz CT molecular complexity index is 148. The van der Waals surface area contributed by atoms with Gasteiger partial charge in [0.25, 0.3) is 0 Å². The van der Waals surface area contributed by atoms with E-state index in [-0.39, 0.29) is 0 Å². The van der Waals surface area contributed by atoms with Crippen molar-refractivity contribution in [1.29, 1.82) is 0 Å². The molecule has 2 fully saturated rings. The lowest BCUT2D eigenvalue weighted by Crippen LogP contribution is -2.40. The Balaban J connectivity index is 1.64. The van der Waals surface area contributed by atoms with E-state index in [0.29, 0.717) is 5.41 Å². The number of rotatable bonds is 5. The van der Waals surface area contributed by atoms with E-state index >= 15 is 0 Å². The molecule has 0 atom stereocenters. The average molecular weight is 168 g/mol. The second kappa shape index (κ2) is 3.35. The molecule has 12 heavy (non-hydrogen) atoms. The highest BCUT2D eigenvalue weighted by molar-refractivity contribution is 4.97. The monoisotopic (exact) mass is 168 g/mol. The molecule has 0 aliphatic heterocycles. The third-order valence-corrected chi connectivity index (χ3v) is 3.38. The molecule has 0 spiro atoms. The smallest absolute Gasteiger partial charge is 0.00673 e. The zero-order valence-corrected chi connectivity index (χ0v) is 8.03. The largest absolute Gasteiger partial charge is 0.319 e. The second-order valence-corrected chi connectivity index (χ2v) is 4.54. The third kappa shape index (κ3) is 1.80. The van der Waals surface area contributed by atoms with Gasteiger partial charge in [0.1, 0.15) is 0 Å². The summed E-state index contributed by atoms with van der Waals surface area (Å²) in [6, 6.07) is 0.860. The first-order valence-electron chi connectivity index (χ1n) is 5.23. The van der Waals surface area contributed by atoms with Crippen molar-refractivity contribution < 1.29 is 0 Å². The Morgan fingerprint density at radius 1 is 1.25 bits per heavy atom. The topological polar surface area (TPSA) is 24.1 Å². The fourth-order valence-electron chi connectivity index (χ4n) is 1.94. The summed E-state index contributed by atoms with van der Waals surface area (Å²) in [5.74, 6) is 0. The van der Waals surface area contributed by atoms with Gasteiger partial charge in [-0.3, -0.25) is 0 Å². The van der Waals surface area contributed by atoms with Crippen molar-refractivity contribution in [3.63, 3.8) is 0 Å². The minimum absolute atomic E-state index is 0.643. The summed E-state index contributed by atoms with van der Waals surface area (Å²) < 4.78 is 0. The van der Waals surface area contributed by atoms with Crippen molar-refractivity contribution in [3.05, 3.63) is 0 Å². The number of hydrogen-bond acceptors (Lipinski definition) is 2. The quantitative estimate of drug-likeness (QED) is 0.643. The lowest BCUT2D eigenvalue weighted by molar-refractivity contribution is 0.306. The molecule has 0 bridgehead atoms. The van der Waals surface area contributed by atoms with E-state index in [4.69, 9.17) is 0 Å². The molecule has 2 heteroatoms. The van der Waals surface area contributed by atoms with Crippen LogP contribution in [-0.4, -0.2) is 26.2 Å². The summed E-state index contributed by atoms with van der Waals surface area (Å²) in [5.41, 5.74) is 0.643. The fourth-order valence-corrected chi connectivity index (χ4v) is 1.94. The Hall–Kier alpha value is -0.0800. The van der Waals surface area contributed by atoms with Crippen molar-refractivity contribution in [3.8, 4) is 0 Å². The van der Waals surface area contributed by atoms with Crippen LogP contribution in [-0.2, 0) is 0 Å². The molecule has 0 aromatic heterocycles. The molecule has 0 heterocycles. The van der Waals surface area contributed by atoms with Crippen LogP contribution < -0.4 is 10.6 Å². The van der Waals surface area contributed by atoms with E-state index in [2.05, 4.69) is 17.7 Å². The zero-order chi connectivity index (χ0) is 8.44. The molecular weight excluding hydrogens is 148 g/mol. The summed E-state index contributed by atoms with van der Waals surface area (Å²) in [4.78, 5) is 0. The van der Waals surface area contributed by atoms with E-state index < -0.39 is 0 Å². The minimum atomic E-state index is 0.643. The highest BCUT2D eigenvalue weighted by Gasteiger charge is 2.41. The van der Waals surface area contributed by atoms with Crippen LogP contribution in [0.15, 0.2) is 0 Å². The van der Waals surface area contributed by atoms with Gasteiger partial charge in [0.2, 0.25) is 0 Å². The van der Waals surface area contributed by atoms with Crippen LogP contribution in [0.25, 0.3) is 0 Å². The van der Waals surface area contributed by atoms with E-state index in [1.54, 1.807) is 0 Å². The summed E-state index contributed by atoms with van der Waals surface area (Å²) >= 11 is 0. The highest BCUT2D eigenvalue weighted by Crippen LogP contribution is 2.44. The van der Waals surface area contributed by atoms with E-state index in [0.717, 1.165) is 6.04 Å². The molecule has 0 aromatic carbocycles. The molecule has 2 aliphatic rings. The molecular formula is C10H20N2. The van der Waals surface area contributed by atoms with Gasteiger partial charge >= 0.3 is 0 Å². The van der Waals surface area contributed by atoms with Crippen molar-refractivity contribution in [1.82, 2.24) is 10.6 Å². The first-order valence-corrected chi connectivity index (χ1v) is 5.23. The van der Waals surface area contributed by atoms with Gasteiger partial charge < -0.3 is 10.6 Å². The molecule has 0 aromatic rings. The molecule has 2 rings (SSSR count). The summed E-state index contributed by atoms with van der Waals surface area (Å²) in [7, 11) is 2.06. The molecule has 0 saturated heterocycles. The van der Waals surface area contributed by atoms with Crippen molar-refractivity contribution in [2.45, 2.75) is 38.1 Å². The summed E-state index contributed by atoms with van der Waals surface area (Å²) in [6.45, 7) is 2.45. The highest BCUT2D eigenvalue weighted by atomic mass is 15.0. The molecule has 0 unspecified atom stereocenters. The number of hydrogen-bond donors (Lipinski definition) is 2. The molecule has 0 radical (unpaired) electrons. The minimum Gasteiger partial charge on any atom is -0.319 e. The SMILES string of the molecule is CNCC1(CNC2CCC2)CC1. The van der Waals surface area contributed by atoms with E-state index in [9.17, 15) is 0 Å². The molecule has 2 saturated carbocycles. The maximum absolute atomic E-state index is 3.67. The van der Waals surface area contributed by atoms with Crippen LogP contribution in [0.3, 0.4) is 0 Å². The predicted octanol–water partition coefficient (Wildman–Crippen LogP) is 1.13. The average Bonchev–Trinajstić information content (AvgIpc) is 2.67. The molecule has 2 N–H and O–H groups in total. The van der Waals surface area contributed by atoms with Crippen molar-refractivity contribution >= 4 is 0 Å². The van der Waals surface area contributed by atoms with Gasteiger partial charge in [0.15, 0.2) is 0 Å². The zero-order valence-electron chi connectivity index (χ0n) is 8.03.